The minimum Gasteiger partial charge on any atom is -0.496 e. The average molecular weight is 453 g/mol. The van der Waals surface area contributed by atoms with Crippen molar-refractivity contribution in [1.29, 1.82) is 0 Å². The van der Waals surface area contributed by atoms with Crippen molar-refractivity contribution in [3.05, 3.63) is 22.7 Å². The van der Waals surface area contributed by atoms with E-state index in [0.717, 1.165) is 51.9 Å². The summed E-state index contributed by atoms with van der Waals surface area (Å²) in [4.78, 5) is 29.4. The number of hydrogen-bond acceptors (Lipinski definition) is 6. The molecule has 31 heavy (non-hydrogen) atoms. The Hall–Kier alpha value is -2.03. The fourth-order valence-electron chi connectivity index (χ4n) is 4.33. The summed E-state index contributed by atoms with van der Waals surface area (Å²) in [5.41, 5.74) is 6.52. The standard InChI is InChI=1S/C22H33ClN4O4/c1-30-19-13-17(24)16(23)12-15(19)22(29)25-18-7-11-26(14-20(18)31-2)8-5-6-21(28)27-9-3-4-10-27/h12-13,18,20H,3-11,14,24H2,1-2H3,(H,25,29)/t18-,20+/m1/s1. The van der Waals surface area contributed by atoms with E-state index in [1.807, 2.05) is 4.90 Å². The second-order valence-corrected chi connectivity index (χ2v) is 8.62. The molecule has 0 radical (unpaired) electrons. The molecule has 0 aromatic heterocycles. The zero-order chi connectivity index (χ0) is 22.4. The van der Waals surface area contributed by atoms with Crippen LogP contribution in [0.3, 0.4) is 0 Å². The van der Waals surface area contributed by atoms with Gasteiger partial charge in [0.25, 0.3) is 5.91 Å². The van der Waals surface area contributed by atoms with Crippen molar-refractivity contribution in [1.82, 2.24) is 15.1 Å². The normalized spacial score (nSPS) is 21.8. The van der Waals surface area contributed by atoms with Gasteiger partial charge in [-0.25, -0.2) is 0 Å². The number of benzene rings is 1. The molecule has 3 rings (SSSR count). The number of piperidine rings is 1. The Labute approximate surface area is 189 Å². The number of carbonyl (C=O) groups excluding carboxylic acids is 2. The number of ether oxygens (including phenoxy) is 2. The van der Waals surface area contributed by atoms with Crippen molar-refractivity contribution < 1.29 is 19.1 Å². The predicted molar refractivity (Wildman–Crippen MR) is 121 cm³/mol. The van der Waals surface area contributed by atoms with Crippen molar-refractivity contribution in [3.63, 3.8) is 0 Å². The zero-order valence-corrected chi connectivity index (χ0v) is 19.1. The van der Waals surface area contributed by atoms with Gasteiger partial charge >= 0.3 is 0 Å². The molecule has 0 aliphatic carbocycles. The van der Waals surface area contributed by atoms with Crippen LogP contribution in [0.2, 0.25) is 5.02 Å². The number of likely N-dealkylation sites (tertiary alicyclic amines) is 2. The highest BCUT2D eigenvalue weighted by molar-refractivity contribution is 6.33. The Morgan fingerprint density at radius 2 is 1.97 bits per heavy atom. The number of methoxy groups -OCH3 is 2. The SMILES string of the molecule is COc1cc(N)c(Cl)cc1C(=O)N[C@@H]1CCN(CCCC(=O)N2CCCC2)C[C@@H]1OC. The summed E-state index contributed by atoms with van der Waals surface area (Å²) in [5, 5.41) is 3.37. The first-order chi connectivity index (χ1) is 14.9. The fraction of sp³-hybridized carbons (Fsp3) is 0.636. The van der Waals surface area contributed by atoms with Gasteiger partial charge in [-0.3, -0.25) is 9.59 Å². The van der Waals surface area contributed by atoms with Crippen molar-refractivity contribution in [2.75, 3.05) is 52.7 Å². The van der Waals surface area contributed by atoms with Gasteiger partial charge in [-0.2, -0.15) is 0 Å². The number of rotatable bonds is 8. The molecular weight excluding hydrogens is 420 g/mol. The van der Waals surface area contributed by atoms with Gasteiger partial charge in [-0.05, 0) is 38.3 Å². The molecule has 9 heteroatoms. The monoisotopic (exact) mass is 452 g/mol. The number of anilines is 1. The van der Waals surface area contributed by atoms with Crippen molar-refractivity contribution in [2.24, 2.45) is 0 Å². The molecule has 0 unspecified atom stereocenters. The zero-order valence-electron chi connectivity index (χ0n) is 18.4. The largest absolute Gasteiger partial charge is 0.496 e. The van der Waals surface area contributed by atoms with Crippen LogP contribution in [0.1, 0.15) is 42.5 Å². The predicted octanol–water partition coefficient (Wildman–Crippen LogP) is 2.15. The highest BCUT2D eigenvalue weighted by atomic mass is 35.5. The molecule has 1 aromatic carbocycles. The van der Waals surface area contributed by atoms with Crippen LogP contribution >= 0.6 is 11.6 Å². The molecule has 172 valence electrons. The first kappa shape index (κ1) is 23.6. The highest BCUT2D eigenvalue weighted by Crippen LogP contribution is 2.29. The summed E-state index contributed by atoms with van der Waals surface area (Å²) < 4.78 is 11.0. The van der Waals surface area contributed by atoms with Gasteiger partial charge < -0.3 is 30.3 Å². The second kappa shape index (κ2) is 11.0. The van der Waals surface area contributed by atoms with E-state index in [1.165, 1.54) is 13.2 Å². The summed E-state index contributed by atoms with van der Waals surface area (Å²) in [6, 6.07) is 2.96. The molecule has 2 heterocycles. The summed E-state index contributed by atoms with van der Waals surface area (Å²) in [5.74, 6) is 0.378. The molecule has 2 saturated heterocycles. The van der Waals surface area contributed by atoms with Gasteiger partial charge in [-0.1, -0.05) is 11.6 Å². The topological polar surface area (TPSA) is 97.1 Å². The van der Waals surface area contributed by atoms with Crippen molar-refractivity contribution in [2.45, 2.75) is 44.2 Å². The van der Waals surface area contributed by atoms with E-state index in [-0.39, 0.29) is 24.0 Å². The Bertz CT molecular complexity index is 785. The van der Waals surface area contributed by atoms with Gasteiger partial charge in [0, 0.05) is 45.8 Å². The average Bonchev–Trinajstić information content (AvgIpc) is 3.31. The number of nitrogens with one attached hydrogen (secondary N) is 1. The van der Waals surface area contributed by atoms with Crippen LogP contribution in [0.4, 0.5) is 5.69 Å². The second-order valence-electron chi connectivity index (χ2n) is 8.21. The van der Waals surface area contributed by atoms with Crippen LogP contribution in [0, 0.1) is 0 Å². The molecule has 2 amide bonds. The Morgan fingerprint density at radius 1 is 1.23 bits per heavy atom. The number of nitrogens with zero attached hydrogens (tertiary/aromatic N) is 2. The van der Waals surface area contributed by atoms with Crippen LogP contribution in [-0.2, 0) is 9.53 Å². The number of hydrogen-bond donors (Lipinski definition) is 2. The lowest BCUT2D eigenvalue weighted by Crippen LogP contribution is -2.55. The maximum atomic E-state index is 12.9. The Kier molecular flexibility index (Phi) is 8.40. The number of nitrogen functional groups attached to an aromatic ring is 1. The van der Waals surface area contributed by atoms with Crippen molar-refractivity contribution >= 4 is 29.1 Å². The molecule has 0 spiro atoms. The van der Waals surface area contributed by atoms with Crippen LogP contribution < -0.4 is 15.8 Å². The first-order valence-electron chi connectivity index (χ1n) is 10.9. The smallest absolute Gasteiger partial charge is 0.255 e. The van der Waals surface area contributed by atoms with Gasteiger partial charge in [0.05, 0.1) is 35.5 Å². The molecule has 0 saturated carbocycles. The number of carbonyl (C=O) groups is 2. The van der Waals surface area contributed by atoms with Crippen LogP contribution in [0.5, 0.6) is 5.75 Å². The molecular formula is C22H33ClN4O4. The number of amides is 2. The van der Waals surface area contributed by atoms with E-state index in [1.54, 1.807) is 13.2 Å². The summed E-state index contributed by atoms with van der Waals surface area (Å²) in [6.07, 6.45) is 4.29. The first-order valence-corrected chi connectivity index (χ1v) is 11.3. The van der Waals surface area contributed by atoms with E-state index in [4.69, 9.17) is 26.8 Å². The third kappa shape index (κ3) is 6.02. The molecule has 1 aromatic rings. The van der Waals surface area contributed by atoms with Gasteiger partial charge in [-0.15, -0.1) is 0 Å². The van der Waals surface area contributed by atoms with Gasteiger partial charge in [0.15, 0.2) is 0 Å². The molecule has 2 aliphatic heterocycles. The quantitative estimate of drug-likeness (QED) is 0.586. The molecule has 2 aliphatic rings. The minimum absolute atomic E-state index is 0.124. The minimum atomic E-state index is -0.268. The Balaban J connectivity index is 1.51. The highest BCUT2D eigenvalue weighted by Gasteiger charge is 2.31. The lowest BCUT2D eigenvalue weighted by Gasteiger charge is -2.38. The Morgan fingerprint density at radius 3 is 2.65 bits per heavy atom. The maximum Gasteiger partial charge on any atom is 0.255 e. The molecule has 3 N–H and O–H groups in total. The lowest BCUT2D eigenvalue weighted by atomic mass is 10.0. The van der Waals surface area contributed by atoms with E-state index in [2.05, 4.69) is 10.2 Å². The number of halogens is 1. The van der Waals surface area contributed by atoms with E-state index < -0.39 is 0 Å². The lowest BCUT2D eigenvalue weighted by molar-refractivity contribution is -0.130. The molecule has 2 fully saturated rings. The molecule has 0 bridgehead atoms. The van der Waals surface area contributed by atoms with E-state index in [0.29, 0.717) is 35.0 Å². The fourth-order valence-corrected chi connectivity index (χ4v) is 4.49. The van der Waals surface area contributed by atoms with Crippen LogP contribution in [-0.4, -0.2) is 80.7 Å². The summed E-state index contributed by atoms with van der Waals surface area (Å²) >= 11 is 6.10. The van der Waals surface area contributed by atoms with Gasteiger partial charge in [0.2, 0.25) is 5.91 Å². The number of nitrogens with two attached hydrogens (primary N) is 1. The van der Waals surface area contributed by atoms with Crippen LogP contribution in [0.15, 0.2) is 12.1 Å². The summed E-state index contributed by atoms with van der Waals surface area (Å²) in [7, 11) is 3.15. The van der Waals surface area contributed by atoms with E-state index in [9.17, 15) is 9.59 Å². The molecule has 8 nitrogen and oxygen atoms in total. The van der Waals surface area contributed by atoms with E-state index >= 15 is 0 Å². The maximum absolute atomic E-state index is 12.9. The van der Waals surface area contributed by atoms with Crippen LogP contribution in [0.25, 0.3) is 0 Å². The third-order valence-corrected chi connectivity index (χ3v) is 6.48. The van der Waals surface area contributed by atoms with Crippen molar-refractivity contribution in [3.8, 4) is 5.75 Å². The van der Waals surface area contributed by atoms with Gasteiger partial charge in [0.1, 0.15) is 5.75 Å². The third-order valence-electron chi connectivity index (χ3n) is 6.15. The summed E-state index contributed by atoms with van der Waals surface area (Å²) in [6.45, 7) is 4.20. The molecule has 2 atom stereocenters.